The van der Waals surface area contributed by atoms with E-state index in [0.717, 1.165) is 24.4 Å². The van der Waals surface area contributed by atoms with Crippen molar-refractivity contribution in [2.24, 2.45) is 17.6 Å². The molecule has 2 fully saturated rings. The molecule has 0 aromatic heterocycles. The van der Waals surface area contributed by atoms with Gasteiger partial charge in [-0.05, 0) is 50.5 Å². The van der Waals surface area contributed by atoms with Gasteiger partial charge in [-0.3, -0.25) is 4.90 Å². The third-order valence-electron chi connectivity index (χ3n) is 5.32. The van der Waals surface area contributed by atoms with E-state index in [2.05, 4.69) is 25.7 Å². The Balaban J connectivity index is 2.12. The van der Waals surface area contributed by atoms with Crippen LogP contribution in [0.2, 0.25) is 0 Å². The van der Waals surface area contributed by atoms with Gasteiger partial charge in [-0.15, -0.1) is 0 Å². The molecule has 100 valence electrons. The molecular formula is C15H30N2. The van der Waals surface area contributed by atoms with Crippen LogP contribution < -0.4 is 5.73 Å². The molecule has 0 amide bonds. The molecule has 2 heteroatoms. The molecule has 1 heterocycles. The summed E-state index contributed by atoms with van der Waals surface area (Å²) in [7, 11) is 0. The SMILES string of the molecule is CCC1CCC(CN)(N2CCCC2C(C)C)C1. The average Bonchev–Trinajstić information content (AvgIpc) is 2.96. The molecule has 1 saturated heterocycles. The number of nitrogens with two attached hydrogens (primary N) is 1. The normalized spacial score (nSPS) is 39.4. The van der Waals surface area contributed by atoms with Crippen LogP contribution in [-0.2, 0) is 0 Å². The van der Waals surface area contributed by atoms with Gasteiger partial charge in [-0.25, -0.2) is 0 Å². The Morgan fingerprint density at radius 2 is 2.12 bits per heavy atom. The van der Waals surface area contributed by atoms with E-state index in [4.69, 9.17) is 5.73 Å². The summed E-state index contributed by atoms with van der Waals surface area (Å²) in [5, 5.41) is 0. The van der Waals surface area contributed by atoms with Crippen LogP contribution >= 0.6 is 0 Å². The predicted octanol–water partition coefficient (Wildman–Crippen LogP) is 3.01. The maximum absolute atomic E-state index is 6.19. The van der Waals surface area contributed by atoms with Gasteiger partial charge in [0.1, 0.15) is 0 Å². The quantitative estimate of drug-likeness (QED) is 0.816. The van der Waals surface area contributed by atoms with Gasteiger partial charge < -0.3 is 5.73 Å². The average molecular weight is 238 g/mol. The van der Waals surface area contributed by atoms with Crippen molar-refractivity contribution in [3.05, 3.63) is 0 Å². The third kappa shape index (κ3) is 2.39. The van der Waals surface area contributed by atoms with Crippen LogP contribution in [0, 0.1) is 11.8 Å². The summed E-state index contributed by atoms with van der Waals surface area (Å²) in [5.74, 6) is 1.70. The molecule has 0 spiro atoms. The molecule has 3 unspecified atom stereocenters. The van der Waals surface area contributed by atoms with E-state index in [1.165, 1.54) is 45.1 Å². The van der Waals surface area contributed by atoms with Crippen LogP contribution in [0.1, 0.15) is 59.3 Å². The molecule has 0 aromatic carbocycles. The number of hydrogen-bond acceptors (Lipinski definition) is 2. The smallest absolute Gasteiger partial charge is 0.0337 e. The Bertz CT molecular complexity index is 251. The minimum absolute atomic E-state index is 0.353. The van der Waals surface area contributed by atoms with Gasteiger partial charge in [0.05, 0.1) is 0 Å². The second kappa shape index (κ2) is 5.27. The molecule has 2 N–H and O–H groups in total. The van der Waals surface area contributed by atoms with Crippen LogP contribution in [-0.4, -0.2) is 29.6 Å². The number of hydrogen-bond donors (Lipinski definition) is 1. The lowest BCUT2D eigenvalue weighted by molar-refractivity contribution is 0.0610. The van der Waals surface area contributed by atoms with Gasteiger partial charge in [-0.2, -0.15) is 0 Å². The van der Waals surface area contributed by atoms with Crippen LogP contribution in [0.15, 0.2) is 0 Å². The van der Waals surface area contributed by atoms with Crippen LogP contribution in [0.4, 0.5) is 0 Å². The van der Waals surface area contributed by atoms with Crippen molar-refractivity contribution >= 4 is 0 Å². The van der Waals surface area contributed by atoms with E-state index >= 15 is 0 Å². The Hall–Kier alpha value is -0.0800. The summed E-state index contributed by atoms with van der Waals surface area (Å²) >= 11 is 0. The molecule has 0 aromatic rings. The highest BCUT2D eigenvalue weighted by atomic mass is 15.3. The van der Waals surface area contributed by atoms with Crippen molar-refractivity contribution in [3.8, 4) is 0 Å². The minimum atomic E-state index is 0.353. The van der Waals surface area contributed by atoms with Gasteiger partial charge in [0.15, 0.2) is 0 Å². The van der Waals surface area contributed by atoms with Crippen molar-refractivity contribution < 1.29 is 0 Å². The lowest BCUT2D eigenvalue weighted by Crippen LogP contribution is -2.55. The van der Waals surface area contributed by atoms with Crippen molar-refractivity contribution in [1.82, 2.24) is 4.90 Å². The maximum atomic E-state index is 6.19. The van der Waals surface area contributed by atoms with E-state index in [-0.39, 0.29) is 0 Å². The van der Waals surface area contributed by atoms with Gasteiger partial charge in [-0.1, -0.05) is 27.2 Å². The zero-order valence-electron chi connectivity index (χ0n) is 11.9. The largest absolute Gasteiger partial charge is 0.329 e. The highest BCUT2D eigenvalue weighted by Gasteiger charge is 2.46. The summed E-state index contributed by atoms with van der Waals surface area (Å²) in [5.41, 5.74) is 6.54. The molecule has 2 nitrogen and oxygen atoms in total. The molecule has 1 saturated carbocycles. The summed E-state index contributed by atoms with van der Waals surface area (Å²) in [6, 6.07) is 0.786. The van der Waals surface area contributed by atoms with E-state index in [1.54, 1.807) is 0 Å². The van der Waals surface area contributed by atoms with E-state index in [9.17, 15) is 0 Å². The highest BCUT2D eigenvalue weighted by molar-refractivity contribution is 5.03. The summed E-state index contributed by atoms with van der Waals surface area (Å²) in [6.45, 7) is 9.24. The molecule has 17 heavy (non-hydrogen) atoms. The zero-order valence-corrected chi connectivity index (χ0v) is 11.9. The second-order valence-electron chi connectivity index (χ2n) is 6.59. The lowest BCUT2D eigenvalue weighted by Gasteiger charge is -2.43. The molecule has 0 bridgehead atoms. The first-order chi connectivity index (χ1) is 8.13. The molecule has 0 radical (unpaired) electrons. The number of rotatable bonds is 4. The first-order valence-corrected chi connectivity index (χ1v) is 7.60. The molecule has 1 aliphatic carbocycles. The fourth-order valence-corrected chi connectivity index (χ4v) is 4.20. The molecule has 2 rings (SSSR count). The molecule has 3 atom stereocenters. The monoisotopic (exact) mass is 238 g/mol. The summed E-state index contributed by atoms with van der Waals surface area (Å²) in [4.78, 5) is 2.80. The van der Waals surface area contributed by atoms with Crippen LogP contribution in [0.5, 0.6) is 0 Å². The third-order valence-corrected chi connectivity index (χ3v) is 5.32. The maximum Gasteiger partial charge on any atom is 0.0337 e. The lowest BCUT2D eigenvalue weighted by atomic mass is 9.90. The van der Waals surface area contributed by atoms with Crippen molar-refractivity contribution in [2.45, 2.75) is 70.9 Å². The Labute approximate surface area is 107 Å². The van der Waals surface area contributed by atoms with Gasteiger partial charge in [0.2, 0.25) is 0 Å². The number of likely N-dealkylation sites (tertiary alicyclic amines) is 1. The Morgan fingerprint density at radius 3 is 2.65 bits per heavy atom. The van der Waals surface area contributed by atoms with E-state index < -0.39 is 0 Å². The Kier molecular flexibility index (Phi) is 4.14. The van der Waals surface area contributed by atoms with E-state index in [0.29, 0.717) is 5.54 Å². The van der Waals surface area contributed by atoms with Crippen molar-refractivity contribution in [1.29, 1.82) is 0 Å². The zero-order chi connectivity index (χ0) is 12.5. The van der Waals surface area contributed by atoms with Gasteiger partial charge in [0.25, 0.3) is 0 Å². The Morgan fingerprint density at radius 1 is 1.35 bits per heavy atom. The standard InChI is InChI=1S/C15H30N2/c1-4-13-7-8-15(10-13,11-16)17-9-5-6-14(17)12(2)3/h12-14H,4-11,16H2,1-3H3. The molecule has 2 aliphatic rings. The molecular weight excluding hydrogens is 208 g/mol. The van der Waals surface area contributed by atoms with Crippen molar-refractivity contribution in [2.75, 3.05) is 13.1 Å². The van der Waals surface area contributed by atoms with Crippen LogP contribution in [0.25, 0.3) is 0 Å². The molecule has 1 aliphatic heterocycles. The van der Waals surface area contributed by atoms with Gasteiger partial charge in [0, 0.05) is 18.1 Å². The second-order valence-corrected chi connectivity index (χ2v) is 6.59. The van der Waals surface area contributed by atoms with E-state index in [1.807, 2.05) is 0 Å². The van der Waals surface area contributed by atoms with Gasteiger partial charge >= 0.3 is 0 Å². The topological polar surface area (TPSA) is 29.3 Å². The first kappa shape index (κ1) is 13.4. The van der Waals surface area contributed by atoms with Crippen LogP contribution in [0.3, 0.4) is 0 Å². The predicted molar refractivity (Wildman–Crippen MR) is 74.0 cm³/mol. The fraction of sp³-hybridized carbons (Fsp3) is 1.00. The van der Waals surface area contributed by atoms with Crippen molar-refractivity contribution in [3.63, 3.8) is 0 Å². The fourth-order valence-electron chi connectivity index (χ4n) is 4.20. The highest BCUT2D eigenvalue weighted by Crippen LogP contribution is 2.44. The summed E-state index contributed by atoms with van der Waals surface area (Å²) < 4.78 is 0. The minimum Gasteiger partial charge on any atom is -0.329 e. The number of nitrogens with zero attached hydrogens (tertiary/aromatic N) is 1. The first-order valence-electron chi connectivity index (χ1n) is 7.60. The summed E-state index contributed by atoms with van der Waals surface area (Å²) in [6.07, 6.45) is 8.18.